The number of nitro groups is 2. The minimum Gasteiger partial charge on any atom is -0.490 e. The van der Waals surface area contributed by atoms with Crippen molar-refractivity contribution >= 4 is 29.5 Å². The van der Waals surface area contributed by atoms with Gasteiger partial charge in [0.2, 0.25) is 0 Å². The highest BCUT2D eigenvalue weighted by molar-refractivity contribution is 5.92. The first-order valence-corrected chi connectivity index (χ1v) is 10.7. The van der Waals surface area contributed by atoms with E-state index in [2.05, 4.69) is 10.5 Å². The number of hydrogen-bond donors (Lipinski definition) is 1. The van der Waals surface area contributed by atoms with Crippen molar-refractivity contribution in [1.82, 2.24) is 5.43 Å². The van der Waals surface area contributed by atoms with E-state index in [1.165, 1.54) is 60.8 Å². The first-order chi connectivity index (χ1) is 17.8. The monoisotopic (exact) mass is 508 g/mol. The number of rotatable bonds is 11. The lowest BCUT2D eigenvalue weighted by Crippen LogP contribution is -2.24. The largest absolute Gasteiger partial charge is 0.490 e. The number of para-hydroxylation sites is 2. The smallest absolute Gasteiger partial charge is 0.343 e. The van der Waals surface area contributed by atoms with Crippen molar-refractivity contribution in [3.8, 4) is 17.2 Å². The first kappa shape index (κ1) is 26.3. The fourth-order valence-electron chi connectivity index (χ4n) is 2.92. The molecule has 3 aromatic rings. The average Bonchev–Trinajstić information content (AvgIpc) is 2.89. The molecule has 13 heteroatoms. The van der Waals surface area contributed by atoms with E-state index in [-0.39, 0.29) is 40.8 Å². The van der Waals surface area contributed by atoms with Gasteiger partial charge in [0, 0.05) is 18.2 Å². The number of non-ortho nitro benzene ring substituents is 1. The van der Waals surface area contributed by atoms with Gasteiger partial charge in [0.05, 0.1) is 28.2 Å². The third kappa shape index (κ3) is 7.32. The zero-order chi connectivity index (χ0) is 26.8. The van der Waals surface area contributed by atoms with Crippen LogP contribution in [0.25, 0.3) is 0 Å². The molecule has 0 atom stereocenters. The van der Waals surface area contributed by atoms with E-state index in [0.29, 0.717) is 5.56 Å². The molecule has 0 fully saturated rings. The number of carbonyl (C=O) groups is 2. The molecule has 0 saturated carbocycles. The van der Waals surface area contributed by atoms with E-state index in [0.717, 1.165) is 0 Å². The van der Waals surface area contributed by atoms with Gasteiger partial charge in [0.1, 0.15) is 0 Å². The lowest BCUT2D eigenvalue weighted by atomic mass is 10.2. The molecular weight excluding hydrogens is 488 g/mol. The molecule has 0 bridgehead atoms. The van der Waals surface area contributed by atoms with E-state index < -0.39 is 28.3 Å². The Kier molecular flexibility index (Phi) is 8.80. The fourth-order valence-corrected chi connectivity index (χ4v) is 2.92. The Morgan fingerprint density at radius 3 is 2.32 bits per heavy atom. The first-order valence-electron chi connectivity index (χ1n) is 10.7. The fraction of sp³-hybridized carbons (Fsp3) is 0.125. The van der Waals surface area contributed by atoms with Gasteiger partial charge >= 0.3 is 11.7 Å². The van der Waals surface area contributed by atoms with Crippen LogP contribution in [0.5, 0.6) is 17.2 Å². The molecule has 0 spiro atoms. The van der Waals surface area contributed by atoms with Crippen LogP contribution in [0, 0.1) is 20.2 Å². The zero-order valence-electron chi connectivity index (χ0n) is 19.4. The van der Waals surface area contributed by atoms with Crippen molar-refractivity contribution in [2.45, 2.75) is 6.92 Å². The molecule has 0 heterocycles. The van der Waals surface area contributed by atoms with Crippen LogP contribution in [0.1, 0.15) is 22.8 Å². The van der Waals surface area contributed by atoms with Crippen molar-refractivity contribution in [1.29, 1.82) is 0 Å². The summed E-state index contributed by atoms with van der Waals surface area (Å²) < 4.78 is 16.1. The van der Waals surface area contributed by atoms with Crippen LogP contribution in [0.2, 0.25) is 0 Å². The summed E-state index contributed by atoms with van der Waals surface area (Å²) in [5, 5.41) is 25.6. The van der Waals surface area contributed by atoms with Gasteiger partial charge in [-0.15, -0.1) is 0 Å². The molecule has 1 N–H and O–H groups in total. The van der Waals surface area contributed by atoms with Crippen molar-refractivity contribution in [2.75, 3.05) is 13.2 Å². The molecular formula is C24H20N4O9. The highest BCUT2D eigenvalue weighted by atomic mass is 16.6. The van der Waals surface area contributed by atoms with Crippen LogP contribution in [0.4, 0.5) is 11.4 Å². The van der Waals surface area contributed by atoms with Crippen LogP contribution in [-0.2, 0) is 4.79 Å². The third-order valence-electron chi connectivity index (χ3n) is 4.61. The van der Waals surface area contributed by atoms with Crippen LogP contribution in [0.3, 0.4) is 0 Å². The third-order valence-corrected chi connectivity index (χ3v) is 4.61. The Morgan fingerprint density at radius 1 is 0.919 bits per heavy atom. The predicted molar refractivity (Wildman–Crippen MR) is 130 cm³/mol. The van der Waals surface area contributed by atoms with E-state index in [9.17, 15) is 29.8 Å². The maximum atomic E-state index is 12.4. The van der Waals surface area contributed by atoms with Gasteiger partial charge in [-0.1, -0.05) is 12.1 Å². The van der Waals surface area contributed by atoms with Crippen molar-refractivity contribution < 1.29 is 33.6 Å². The molecule has 3 aromatic carbocycles. The number of amides is 1. The minimum absolute atomic E-state index is 0.0492. The van der Waals surface area contributed by atoms with Crippen molar-refractivity contribution in [3.05, 3.63) is 98.1 Å². The summed E-state index contributed by atoms with van der Waals surface area (Å²) in [5.74, 6) is -1.08. The topological polar surface area (TPSA) is 172 Å². The molecule has 0 aliphatic rings. The number of esters is 1. The Bertz CT molecular complexity index is 1340. The van der Waals surface area contributed by atoms with Gasteiger partial charge in [0.25, 0.3) is 11.6 Å². The van der Waals surface area contributed by atoms with E-state index in [1.54, 1.807) is 19.1 Å². The number of hydrogen-bond acceptors (Lipinski definition) is 10. The summed E-state index contributed by atoms with van der Waals surface area (Å²) in [4.78, 5) is 45.0. The van der Waals surface area contributed by atoms with Gasteiger partial charge in [-0.25, -0.2) is 10.2 Å². The molecule has 37 heavy (non-hydrogen) atoms. The Morgan fingerprint density at radius 2 is 1.65 bits per heavy atom. The Hall–Kier alpha value is -5.33. The van der Waals surface area contributed by atoms with Crippen LogP contribution >= 0.6 is 0 Å². The van der Waals surface area contributed by atoms with E-state index in [4.69, 9.17) is 14.2 Å². The molecule has 0 aliphatic carbocycles. The van der Waals surface area contributed by atoms with Crippen LogP contribution in [-0.4, -0.2) is 41.2 Å². The van der Waals surface area contributed by atoms with E-state index in [1.807, 2.05) is 0 Å². The zero-order valence-corrected chi connectivity index (χ0v) is 19.4. The Balaban J connectivity index is 1.61. The lowest BCUT2D eigenvalue weighted by molar-refractivity contribution is -0.385. The molecule has 0 unspecified atom stereocenters. The summed E-state index contributed by atoms with van der Waals surface area (Å²) in [7, 11) is 0. The average molecular weight is 508 g/mol. The summed E-state index contributed by atoms with van der Waals surface area (Å²) in [6.07, 6.45) is 1.31. The second-order valence-electron chi connectivity index (χ2n) is 7.14. The van der Waals surface area contributed by atoms with Gasteiger partial charge in [-0.2, -0.15) is 5.10 Å². The summed E-state index contributed by atoms with van der Waals surface area (Å²) >= 11 is 0. The molecule has 0 aromatic heterocycles. The second-order valence-corrected chi connectivity index (χ2v) is 7.14. The van der Waals surface area contributed by atoms with Gasteiger partial charge < -0.3 is 14.2 Å². The quantitative estimate of drug-likeness (QED) is 0.133. The maximum Gasteiger partial charge on any atom is 0.343 e. The second kappa shape index (κ2) is 12.4. The van der Waals surface area contributed by atoms with Gasteiger partial charge in [-0.05, 0) is 48.9 Å². The molecule has 3 rings (SSSR count). The summed E-state index contributed by atoms with van der Waals surface area (Å²) in [6.45, 7) is 1.51. The highest BCUT2D eigenvalue weighted by Gasteiger charge is 2.16. The van der Waals surface area contributed by atoms with Gasteiger partial charge in [-0.3, -0.25) is 25.0 Å². The summed E-state index contributed by atoms with van der Waals surface area (Å²) in [5.41, 5.74) is 2.43. The minimum atomic E-state index is -0.733. The number of benzene rings is 3. The molecule has 0 radical (unpaired) electrons. The maximum absolute atomic E-state index is 12.4. The van der Waals surface area contributed by atoms with Crippen LogP contribution in [0.15, 0.2) is 71.8 Å². The van der Waals surface area contributed by atoms with Gasteiger partial charge in [0.15, 0.2) is 23.9 Å². The van der Waals surface area contributed by atoms with E-state index >= 15 is 0 Å². The number of carbonyl (C=O) groups excluding carboxylic acids is 2. The highest BCUT2D eigenvalue weighted by Crippen LogP contribution is 2.29. The molecule has 0 aliphatic heterocycles. The standard InChI is InChI=1S/C24H20N4O9/c1-2-35-22-13-16(7-12-21(22)37-24(30)17-8-10-18(11-9-17)27(31)32)14-25-26-23(29)15-36-20-6-4-3-5-19(20)28(33)34/h3-14H,2,15H2,1H3,(H,26,29)/b25-14-. The Labute approximate surface area is 209 Å². The van der Waals surface area contributed by atoms with Crippen molar-refractivity contribution in [2.24, 2.45) is 5.10 Å². The number of nitrogens with zero attached hydrogens (tertiary/aromatic N) is 3. The van der Waals surface area contributed by atoms with Crippen LogP contribution < -0.4 is 19.6 Å². The summed E-state index contributed by atoms with van der Waals surface area (Å²) in [6, 6.07) is 15.2. The molecule has 13 nitrogen and oxygen atoms in total. The normalized spacial score (nSPS) is 10.5. The number of ether oxygens (including phenoxy) is 3. The number of nitrogens with one attached hydrogen (secondary N) is 1. The molecule has 0 saturated heterocycles. The number of hydrazone groups is 1. The predicted octanol–water partition coefficient (Wildman–Crippen LogP) is 3.65. The SMILES string of the molecule is CCOc1cc(/C=N\NC(=O)COc2ccccc2[N+](=O)[O-])ccc1OC(=O)c1ccc([N+](=O)[O-])cc1. The number of nitro benzene ring substituents is 2. The molecule has 190 valence electrons. The molecule has 1 amide bonds. The lowest BCUT2D eigenvalue weighted by Gasteiger charge is -2.11. The van der Waals surface area contributed by atoms with Crippen molar-refractivity contribution in [3.63, 3.8) is 0 Å².